The van der Waals surface area contributed by atoms with Crippen molar-refractivity contribution in [2.75, 3.05) is 20.8 Å². The molecule has 1 N–H and O–H groups in total. The normalized spacial score (nSPS) is 18.1. The van der Waals surface area contributed by atoms with Crippen molar-refractivity contribution in [3.05, 3.63) is 57.8 Å². The molecule has 4 rings (SSSR count). The highest BCUT2D eigenvalue weighted by molar-refractivity contribution is 5.95. The number of cyclic esters (lactones) is 1. The van der Waals surface area contributed by atoms with Gasteiger partial charge < -0.3 is 19.3 Å². The fraction of sp³-hybridized carbons (Fsp3) is 0.316. The summed E-state index contributed by atoms with van der Waals surface area (Å²) in [4.78, 5) is 21.1. The Balaban J connectivity index is 1.97. The van der Waals surface area contributed by atoms with Crippen LogP contribution in [0.1, 0.15) is 28.6 Å². The maximum absolute atomic E-state index is 13.9. The Labute approximate surface area is 154 Å². The van der Waals surface area contributed by atoms with Crippen LogP contribution in [0.25, 0.3) is 0 Å². The van der Waals surface area contributed by atoms with Gasteiger partial charge in [0.1, 0.15) is 13.2 Å². The first kappa shape index (κ1) is 17.4. The smallest absolute Gasteiger partial charge is 0.335 e. The van der Waals surface area contributed by atoms with Gasteiger partial charge in [0.2, 0.25) is 5.88 Å². The molecule has 1 aliphatic carbocycles. The van der Waals surface area contributed by atoms with Crippen LogP contribution >= 0.6 is 0 Å². The van der Waals surface area contributed by atoms with Crippen molar-refractivity contribution in [1.82, 2.24) is 9.97 Å². The van der Waals surface area contributed by atoms with Crippen molar-refractivity contribution < 1.29 is 28.5 Å². The zero-order valence-electron chi connectivity index (χ0n) is 14.8. The van der Waals surface area contributed by atoms with Crippen molar-refractivity contribution >= 4 is 5.97 Å². The number of carbonyl (C=O) groups excluding carboxylic acids is 1. The van der Waals surface area contributed by atoms with E-state index in [1.54, 1.807) is 12.1 Å². The molecule has 140 valence electrons. The van der Waals surface area contributed by atoms with Crippen LogP contribution in [0.2, 0.25) is 0 Å². The minimum atomic E-state index is -0.588. The third kappa shape index (κ3) is 2.73. The third-order valence-corrected chi connectivity index (χ3v) is 4.82. The van der Waals surface area contributed by atoms with Crippen molar-refractivity contribution in [2.45, 2.75) is 18.9 Å². The van der Waals surface area contributed by atoms with E-state index in [0.29, 0.717) is 29.1 Å². The summed E-state index contributed by atoms with van der Waals surface area (Å²) in [5.41, 5.74) is 3.20. The van der Waals surface area contributed by atoms with E-state index in [0.717, 1.165) is 11.1 Å². The molecule has 1 aromatic heterocycles. The van der Waals surface area contributed by atoms with E-state index in [-0.39, 0.29) is 24.8 Å². The number of rotatable bonds is 4. The average Bonchev–Trinajstić information content (AvgIpc) is 3.06. The van der Waals surface area contributed by atoms with Gasteiger partial charge in [0.05, 0.1) is 31.4 Å². The fourth-order valence-corrected chi connectivity index (χ4v) is 3.62. The van der Waals surface area contributed by atoms with Gasteiger partial charge >= 0.3 is 5.97 Å². The lowest BCUT2D eigenvalue weighted by Crippen LogP contribution is -2.22. The molecule has 2 aromatic rings. The number of methoxy groups -OCH3 is 2. The molecule has 1 aliphatic heterocycles. The lowest BCUT2D eigenvalue weighted by molar-refractivity contribution is -0.136. The van der Waals surface area contributed by atoms with E-state index in [1.807, 2.05) is 0 Å². The van der Waals surface area contributed by atoms with Gasteiger partial charge in [0, 0.05) is 12.0 Å². The van der Waals surface area contributed by atoms with Gasteiger partial charge in [-0.25, -0.2) is 14.2 Å². The second-order valence-corrected chi connectivity index (χ2v) is 6.27. The van der Waals surface area contributed by atoms with Crippen molar-refractivity contribution in [3.63, 3.8) is 0 Å². The fourth-order valence-electron chi connectivity index (χ4n) is 3.62. The van der Waals surface area contributed by atoms with Gasteiger partial charge in [-0.05, 0) is 23.3 Å². The minimum absolute atomic E-state index is 0.0662. The topological polar surface area (TPSA) is 90.8 Å². The van der Waals surface area contributed by atoms with Gasteiger partial charge in [-0.15, -0.1) is 0 Å². The van der Waals surface area contributed by atoms with Gasteiger partial charge in [0.25, 0.3) is 0 Å². The molecule has 0 saturated carbocycles. The quantitative estimate of drug-likeness (QED) is 0.817. The number of fused-ring (bicyclic) bond motifs is 1. The van der Waals surface area contributed by atoms with Gasteiger partial charge in [0.15, 0.2) is 17.4 Å². The summed E-state index contributed by atoms with van der Waals surface area (Å²) in [6.45, 7) is -0.188. The van der Waals surface area contributed by atoms with Crippen LogP contribution in [0.5, 0.6) is 11.6 Å². The van der Waals surface area contributed by atoms with Gasteiger partial charge in [-0.2, -0.15) is 4.98 Å². The van der Waals surface area contributed by atoms with Crippen molar-refractivity contribution in [2.24, 2.45) is 0 Å². The number of nitrogens with zero attached hydrogens (tertiary/aromatic N) is 2. The molecule has 1 unspecified atom stereocenters. The number of aliphatic hydroxyl groups excluding tert-OH is 1. The van der Waals surface area contributed by atoms with Crippen LogP contribution in [-0.4, -0.2) is 41.9 Å². The largest absolute Gasteiger partial charge is 0.494 e. The highest BCUT2D eigenvalue weighted by atomic mass is 19.1. The van der Waals surface area contributed by atoms with Crippen molar-refractivity contribution in [3.8, 4) is 11.6 Å². The number of carbonyl (C=O) groups is 1. The van der Waals surface area contributed by atoms with E-state index in [1.165, 1.54) is 20.3 Å². The monoisotopic (exact) mass is 372 g/mol. The van der Waals surface area contributed by atoms with E-state index < -0.39 is 17.7 Å². The number of hydrogen-bond acceptors (Lipinski definition) is 7. The Morgan fingerprint density at radius 2 is 2.11 bits per heavy atom. The molecule has 1 atom stereocenters. The maximum atomic E-state index is 13.9. The number of halogens is 1. The molecule has 1 aromatic carbocycles. The number of esters is 1. The molecule has 0 bridgehead atoms. The summed E-state index contributed by atoms with van der Waals surface area (Å²) >= 11 is 0. The van der Waals surface area contributed by atoms with E-state index in [9.17, 15) is 14.3 Å². The summed E-state index contributed by atoms with van der Waals surface area (Å²) in [6, 6.07) is 4.41. The molecule has 0 radical (unpaired) electrons. The molecular weight excluding hydrogens is 355 g/mol. The highest BCUT2D eigenvalue weighted by Crippen LogP contribution is 2.45. The summed E-state index contributed by atoms with van der Waals surface area (Å²) in [5, 5.41) is 9.52. The summed E-state index contributed by atoms with van der Waals surface area (Å²) in [7, 11) is 2.86. The number of aromatic nitrogens is 2. The van der Waals surface area contributed by atoms with Crippen LogP contribution in [0.15, 0.2) is 29.3 Å². The molecule has 27 heavy (non-hydrogen) atoms. The molecule has 0 fully saturated rings. The number of hydrogen-bond donors (Lipinski definition) is 1. The first-order chi connectivity index (χ1) is 13.1. The van der Waals surface area contributed by atoms with Crippen LogP contribution in [0.3, 0.4) is 0 Å². The lowest BCUT2D eigenvalue weighted by atomic mass is 9.78. The highest BCUT2D eigenvalue weighted by Gasteiger charge is 2.41. The first-order valence-corrected chi connectivity index (χ1v) is 8.34. The molecule has 2 heterocycles. The zero-order chi connectivity index (χ0) is 19.1. The number of benzene rings is 1. The standard InChI is InChI=1S/C19H17FN2O5/c1-25-13-6-9(3-4-12(13)20)15-16-10(8-27-19(16)24)5-11-17(15)21-14(7-23)22-18(11)26-2/h3-4,6,15,23H,5,7-8H2,1-2H3. The summed E-state index contributed by atoms with van der Waals surface area (Å²) in [5.74, 6) is -0.926. The Kier molecular flexibility index (Phi) is 4.27. The molecule has 7 nitrogen and oxygen atoms in total. The molecule has 0 spiro atoms. The van der Waals surface area contributed by atoms with Gasteiger partial charge in [-0.3, -0.25) is 0 Å². The van der Waals surface area contributed by atoms with Crippen molar-refractivity contribution in [1.29, 1.82) is 0 Å². The van der Waals surface area contributed by atoms with E-state index in [2.05, 4.69) is 9.97 Å². The van der Waals surface area contributed by atoms with Crippen LogP contribution in [-0.2, 0) is 22.6 Å². The van der Waals surface area contributed by atoms with Gasteiger partial charge in [-0.1, -0.05) is 6.07 Å². The maximum Gasteiger partial charge on any atom is 0.335 e. The Morgan fingerprint density at radius 3 is 2.81 bits per heavy atom. The van der Waals surface area contributed by atoms with Crippen LogP contribution in [0.4, 0.5) is 4.39 Å². The molecular formula is C19H17FN2O5. The summed E-state index contributed by atoms with van der Waals surface area (Å²) < 4.78 is 29.6. The zero-order valence-corrected chi connectivity index (χ0v) is 14.8. The third-order valence-electron chi connectivity index (χ3n) is 4.82. The first-order valence-electron chi connectivity index (χ1n) is 8.34. The van der Waals surface area contributed by atoms with E-state index in [4.69, 9.17) is 14.2 Å². The second-order valence-electron chi connectivity index (χ2n) is 6.27. The predicted octanol–water partition coefficient (Wildman–Crippen LogP) is 1.67. The average molecular weight is 372 g/mol. The molecule has 0 amide bonds. The minimum Gasteiger partial charge on any atom is -0.494 e. The molecule has 0 saturated heterocycles. The lowest BCUT2D eigenvalue weighted by Gasteiger charge is -2.26. The number of aliphatic hydroxyl groups is 1. The van der Waals surface area contributed by atoms with Crippen LogP contribution < -0.4 is 9.47 Å². The Bertz CT molecular complexity index is 973. The SMILES string of the molecule is COc1cc(C2C3=C(COC3=O)Cc3c(OC)nc(CO)nc32)ccc1F. The molecule has 2 aliphatic rings. The second kappa shape index (κ2) is 6.62. The Hall–Kier alpha value is -3.00. The number of ether oxygens (including phenoxy) is 3. The summed E-state index contributed by atoms with van der Waals surface area (Å²) in [6.07, 6.45) is 0.417. The van der Waals surface area contributed by atoms with Crippen LogP contribution in [0, 0.1) is 5.82 Å². The molecule has 8 heteroatoms. The van der Waals surface area contributed by atoms with E-state index >= 15 is 0 Å². The predicted molar refractivity (Wildman–Crippen MR) is 91.0 cm³/mol. The Morgan fingerprint density at radius 1 is 1.30 bits per heavy atom.